The van der Waals surface area contributed by atoms with Gasteiger partial charge >= 0.3 is 5.97 Å². The molecule has 0 fully saturated rings. The van der Waals surface area contributed by atoms with Crippen LogP contribution in [0.5, 0.6) is 0 Å². The minimum Gasteiger partial charge on any atom is -0.481 e. The van der Waals surface area contributed by atoms with Crippen LogP contribution in [-0.2, 0) is 10.2 Å². The van der Waals surface area contributed by atoms with Crippen LogP contribution in [0.15, 0.2) is 5.38 Å². The van der Waals surface area contributed by atoms with Crippen molar-refractivity contribution in [2.75, 3.05) is 18.0 Å². The summed E-state index contributed by atoms with van der Waals surface area (Å²) in [5.41, 5.74) is -0.657. The Morgan fingerprint density at radius 1 is 1.50 bits per heavy atom. The third-order valence-corrected chi connectivity index (χ3v) is 3.36. The Morgan fingerprint density at radius 2 is 2.06 bits per heavy atom. The molecule has 0 aliphatic rings. The van der Waals surface area contributed by atoms with Gasteiger partial charge in [-0.05, 0) is 13.8 Å². The second-order valence-corrected chi connectivity index (χ2v) is 4.95. The fraction of sp³-hybridized carbons (Fsp3) is 0.455. The van der Waals surface area contributed by atoms with E-state index in [1.807, 2.05) is 12.1 Å². The van der Waals surface area contributed by atoms with Gasteiger partial charge < -0.3 is 10.0 Å². The average Bonchev–Trinajstić information content (AvgIpc) is 2.78. The van der Waals surface area contributed by atoms with E-state index in [9.17, 15) is 4.79 Å². The number of rotatable bonds is 5. The Balaban J connectivity index is 3.02. The lowest BCUT2D eigenvalue weighted by atomic mass is 9.90. The number of anilines is 1. The molecule has 0 aliphatic carbocycles. The average molecular weight is 264 g/mol. The van der Waals surface area contributed by atoms with E-state index in [2.05, 4.69) is 4.98 Å². The van der Waals surface area contributed by atoms with Gasteiger partial charge in [-0.3, -0.25) is 4.79 Å². The van der Waals surface area contributed by atoms with Crippen LogP contribution >= 0.6 is 11.3 Å². The highest BCUT2D eigenvalue weighted by Gasteiger charge is 2.32. The maximum Gasteiger partial charge on any atom is 0.315 e. The highest BCUT2D eigenvalue weighted by atomic mass is 32.1. The summed E-state index contributed by atoms with van der Waals surface area (Å²) in [6.45, 7) is 3.22. The van der Waals surface area contributed by atoms with Gasteiger partial charge in [0.2, 0.25) is 0 Å². The standard InChI is InChI=1S/C11H12N4O2S/c1-11(2,9(16)17)8-7-18-10(14-8)15(5-3-12)6-4-13/h7H,5-6H2,1-2H3,(H,16,17). The molecule has 0 saturated carbocycles. The molecule has 94 valence electrons. The van der Waals surface area contributed by atoms with Gasteiger partial charge in [-0.2, -0.15) is 10.5 Å². The third-order valence-electron chi connectivity index (χ3n) is 2.46. The van der Waals surface area contributed by atoms with Crippen LogP contribution in [0.25, 0.3) is 0 Å². The van der Waals surface area contributed by atoms with Gasteiger partial charge in [0.15, 0.2) is 5.13 Å². The van der Waals surface area contributed by atoms with Crippen LogP contribution in [-0.4, -0.2) is 29.1 Å². The van der Waals surface area contributed by atoms with Crippen LogP contribution in [0, 0.1) is 22.7 Å². The maximum absolute atomic E-state index is 11.1. The van der Waals surface area contributed by atoms with Crippen molar-refractivity contribution in [1.29, 1.82) is 10.5 Å². The molecule has 0 atom stereocenters. The lowest BCUT2D eigenvalue weighted by Crippen LogP contribution is -2.29. The zero-order valence-electron chi connectivity index (χ0n) is 10.0. The predicted molar refractivity (Wildman–Crippen MR) is 66.2 cm³/mol. The monoisotopic (exact) mass is 264 g/mol. The lowest BCUT2D eigenvalue weighted by Gasteiger charge is -2.17. The van der Waals surface area contributed by atoms with Crippen molar-refractivity contribution in [3.05, 3.63) is 11.1 Å². The van der Waals surface area contributed by atoms with E-state index in [1.54, 1.807) is 19.2 Å². The van der Waals surface area contributed by atoms with Gasteiger partial charge in [0.1, 0.15) is 18.5 Å². The summed E-state index contributed by atoms with van der Waals surface area (Å²) >= 11 is 1.23. The van der Waals surface area contributed by atoms with Crippen molar-refractivity contribution in [2.45, 2.75) is 19.3 Å². The SMILES string of the molecule is CC(C)(C(=O)O)c1csc(N(CC#N)CC#N)n1. The topological polar surface area (TPSA) is 101 Å². The smallest absolute Gasteiger partial charge is 0.315 e. The molecule has 7 heteroatoms. The van der Waals surface area contributed by atoms with Crippen LogP contribution in [0.1, 0.15) is 19.5 Å². The van der Waals surface area contributed by atoms with E-state index in [4.69, 9.17) is 15.6 Å². The second-order valence-electron chi connectivity index (χ2n) is 4.12. The molecule has 1 heterocycles. The fourth-order valence-corrected chi connectivity index (χ4v) is 2.16. The van der Waals surface area contributed by atoms with Gasteiger partial charge in [0.25, 0.3) is 0 Å². The van der Waals surface area contributed by atoms with Gasteiger partial charge in [0, 0.05) is 5.38 Å². The molecule has 0 unspecified atom stereocenters. The van der Waals surface area contributed by atoms with E-state index in [-0.39, 0.29) is 13.1 Å². The van der Waals surface area contributed by atoms with Crippen LogP contribution < -0.4 is 4.90 Å². The number of nitrogens with zero attached hydrogens (tertiary/aromatic N) is 4. The third kappa shape index (κ3) is 2.76. The summed E-state index contributed by atoms with van der Waals surface area (Å²) in [5, 5.41) is 28.6. The molecular weight excluding hydrogens is 252 g/mol. The van der Waals surface area contributed by atoms with E-state index in [0.29, 0.717) is 10.8 Å². The molecule has 0 aromatic carbocycles. The largest absolute Gasteiger partial charge is 0.481 e. The van der Waals surface area contributed by atoms with Crippen LogP contribution in [0.2, 0.25) is 0 Å². The number of carbonyl (C=O) groups is 1. The highest BCUT2D eigenvalue weighted by Crippen LogP contribution is 2.29. The molecular formula is C11H12N4O2S. The highest BCUT2D eigenvalue weighted by molar-refractivity contribution is 7.13. The summed E-state index contributed by atoms with van der Waals surface area (Å²) in [6, 6.07) is 3.89. The molecule has 6 nitrogen and oxygen atoms in total. The number of aromatic nitrogens is 1. The minimum atomic E-state index is -1.08. The Labute approximate surface area is 109 Å². The lowest BCUT2D eigenvalue weighted by molar-refractivity contribution is -0.142. The van der Waals surface area contributed by atoms with Crippen molar-refractivity contribution >= 4 is 22.4 Å². The number of carboxylic acids is 1. The van der Waals surface area contributed by atoms with E-state index in [1.165, 1.54) is 16.2 Å². The van der Waals surface area contributed by atoms with Gasteiger partial charge in [-0.25, -0.2) is 4.98 Å². The molecule has 18 heavy (non-hydrogen) atoms. The number of carboxylic acid groups (broad SMARTS) is 1. The van der Waals surface area contributed by atoms with Crippen LogP contribution in [0.4, 0.5) is 5.13 Å². The quantitative estimate of drug-likeness (QED) is 0.806. The molecule has 1 rings (SSSR count). The summed E-state index contributed by atoms with van der Waals surface area (Å²) in [5.74, 6) is -0.966. The number of thiazole rings is 1. The Morgan fingerprint density at radius 3 is 2.50 bits per heavy atom. The van der Waals surface area contributed by atoms with Crippen molar-refractivity contribution in [3.63, 3.8) is 0 Å². The molecule has 0 spiro atoms. The van der Waals surface area contributed by atoms with E-state index in [0.717, 1.165) is 0 Å². The molecule has 0 aliphatic heterocycles. The number of aliphatic carboxylic acids is 1. The summed E-state index contributed by atoms with van der Waals surface area (Å²) in [7, 11) is 0. The Hall–Kier alpha value is -2.12. The van der Waals surface area contributed by atoms with Gasteiger partial charge in [-0.15, -0.1) is 11.3 Å². The summed E-state index contributed by atoms with van der Waals surface area (Å²) in [4.78, 5) is 16.8. The molecule has 0 radical (unpaired) electrons. The molecule has 0 saturated heterocycles. The zero-order chi connectivity index (χ0) is 13.8. The summed E-state index contributed by atoms with van der Waals surface area (Å²) in [6.07, 6.45) is 0. The Bertz CT molecular complexity index is 508. The van der Waals surface area contributed by atoms with Crippen LogP contribution in [0.3, 0.4) is 0 Å². The van der Waals surface area contributed by atoms with Gasteiger partial charge in [-0.1, -0.05) is 0 Å². The minimum absolute atomic E-state index is 0.0496. The first-order chi connectivity index (χ1) is 8.43. The molecule has 0 amide bonds. The first-order valence-electron chi connectivity index (χ1n) is 5.11. The maximum atomic E-state index is 11.1. The molecule has 0 bridgehead atoms. The molecule has 1 aromatic heterocycles. The Kier molecular flexibility index (Phi) is 4.24. The normalized spacial score (nSPS) is 10.4. The van der Waals surface area contributed by atoms with Crippen molar-refractivity contribution in [3.8, 4) is 12.1 Å². The second kappa shape index (κ2) is 5.48. The first kappa shape index (κ1) is 13.9. The number of hydrogen-bond donors (Lipinski definition) is 1. The van der Waals surface area contributed by atoms with E-state index < -0.39 is 11.4 Å². The summed E-state index contributed by atoms with van der Waals surface area (Å²) < 4.78 is 0. The van der Waals surface area contributed by atoms with E-state index >= 15 is 0 Å². The number of nitriles is 2. The predicted octanol–water partition coefficient (Wildman–Crippen LogP) is 1.36. The van der Waals surface area contributed by atoms with Crippen molar-refractivity contribution < 1.29 is 9.90 Å². The number of hydrogen-bond acceptors (Lipinski definition) is 6. The zero-order valence-corrected chi connectivity index (χ0v) is 10.9. The molecule has 1 N–H and O–H groups in total. The molecule has 1 aromatic rings. The van der Waals surface area contributed by atoms with Gasteiger partial charge in [0.05, 0.1) is 17.8 Å². The first-order valence-corrected chi connectivity index (χ1v) is 5.99. The fourth-order valence-electron chi connectivity index (χ4n) is 1.17. The van der Waals surface area contributed by atoms with Crippen molar-refractivity contribution in [2.24, 2.45) is 0 Å². The van der Waals surface area contributed by atoms with Crippen molar-refractivity contribution in [1.82, 2.24) is 4.98 Å².